The van der Waals surface area contributed by atoms with E-state index in [2.05, 4.69) is 10.7 Å². The number of halogens is 6. The fraction of sp³-hybridized carbons (Fsp3) is 0.250. The first-order valence-corrected chi connectivity index (χ1v) is 6.36. The van der Waals surface area contributed by atoms with E-state index in [1.165, 1.54) is 0 Å². The fourth-order valence-corrected chi connectivity index (χ4v) is 2.59. The predicted octanol–water partition coefficient (Wildman–Crippen LogP) is 3.14. The molecule has 0 spiro atoms. The second kappa shape index (κ2) is 4.41. The molecule has 0 bridgehead atoms. The van der Waals surface area contributed by atoms with Gasteiger partial charge in [-0.25, -0.2) is 17.2 Å². The molecule has 0 aliphatic rings. The van der Waals surface area contributed by atoms with E-state index in [0.717, 1.165) is 0 Å². The lowest BCUT2D eigenvalue weighted by Gasteiger charge is -2.17. The maximum absolute atomic E-state index is 12.7. The van der Waals surface area contributed by atoms with Crippen molar-refractivity contribution < 1.29 is 30.4 Å². The smallest absolute Gasteiger partial charge is 0.211 e. The minimum Gasteiger partial charge on any atom is -0.211 e. The predicted molar refractivity (Wildman–Crippen MR) is 49.9 cm³/mol. The maximum Gasteiger partial charge on any atom is 0.410 e. The van der Waals surface area contributed by atoms with Gasteiger partial charge in [-0.2, -0.15) is 13.2 Å². The van der Waals surface area contributed by atoms with E-state index in [1.807, 2.05) is 0 Å². The first kappa shape index (κ1) is 14.2. The average Bonchev–Trinajstić information content (AvgIpc) is 2.06. The van der Waals surface area contributed by atoms with Crippen LogP contribution < -0.4 is 0 Å². The molecule has 1 aromatic rings. The summed E-state index contributed by atoms with van der Waals surface area (Å²) in [6.45, 7) is 0. The highest BCUT2D eigenvalue weighted by molar-refractivity contribution is 8.14. The van der Waals surface area contributed by atoms with Crippen molar-refractivity contribution in [3.8, 4) is 0 Å². The Bertz CT molecular complexity index is 525. The molecule has 1 unspecified atom stereocenters. The van der Waals surface area contributed by atoms with Gasteiger partial charge in [0.25, 0.3) is 0 Å². The molecule has 0 saturated heterocycles. The van der Waals surface area contributed by atoms with Crippen molar-refractivity contribution in [1.82, 2.24) is 0 Å². The molecule has 0 aromatic heterocycles. The molecule has 0 fully saturated rings. The van der Waals surface area contributed by atoms with Crippen LogP contribution in [0.4, 0.5) is 22.0 Å². The van der Waals surface area contributed by atoms with Crippen LogP contribution in [-0.4, -0.2) is 14.6 Å². The Morgan fingerprint density at radius 1 is 1.12 bits per heavy atom. The molecule has 96 valence electrons. The van der Waals surface area contributed by atoms with Crippen molar-refractivity contribution in [2.24, 2.45) is 0 Å². The van der Waals surface area contributed by atoms with Gasteiger partial charge in [-0.1, -0.05) is 6.07 Å². The summed E-state index contributed by atoms with van der Waals surface area (Å²) < 4.78 is 84.2. The van der Waals surface area contributed by atoms with Crippen LogP contribution in [0.2, 0.25) is 0 Å². The molecule has 0 radical (unpaired) electrons. The van der Waals surface area contributed by atoms with E-state index in [4.69, 9.17) is 0 Å². The topological polar surface area (TPSA) is 34.1 Å². The molecule has 0 aliphatic carbocycles. The number of alkyl halides is 3. The van der Waals surface area contributed by atoms with Gasteiger partial charge in [0.05, 0.1) is 0 Å². The average molecular weight is 295 g/mol. The maximum atomic E-state index is 12.7. The van der Waals surface area contributed by atoms with Gasteiger partial charge in [-0.15, -0.1) is 0 Å². The molecule has 9 heteroatoms. The molecule has 17 heavy (non-hydrogen) atoms. The van der Waals surface area contributed by atoms with Crippen molar-refractivity contribution in [2.75, 3.05) is 0 Å². The van der Waals surface area contributed by atoms with E-state index < -0.39 is 37.7 Å². The number of rotatable bonds is 2. The summed E-state index contributed by atoms with van der Waals surface area (Å²) in [6, 6.07) is 1.05. The van der Waals surface area contributed by atoms with Crippen molar-refractivity contribution in [3.05, 3.63) is 35.4 Å². The highest BCUT2D eigenvalue weighted by Crippen LogP contribution is 2.41. The van der Waals surface area contributed by atoms with Gasteiger partial charge < -0.3 is 0 Å². The van der Waals surface area contributed by atoms with Gasteiger partial charge in [0.1, 0.15) is 0 Å². The summed E-state index contributed by atoms with van der Waals surface area (Å²) in [6.07, 6.45) is -5.22. The molecule has 1 atom stereocenters. The summed E-state index contributed by atoms with van der Waals surface area (Å²) in [7, 11) is -0.401. The lowest BCUT2D eigenvalue weighted by atomic mass is 10.1. The van der Waals surface area contributed by atoms with E-state index in [0.29, 0.717) is 12.1 Å². The van der Waals surface area contributed by atoms with Crippen LogP contribution in [0.1, 0.15) is 10.8 Å². The van der Waals surface area contributed by atoms with Crippen LogP contribution in [-0.2, 0) is 9.05 Å². The number of hydrogen-bond donors (Lipinski definition) is 0. The monoisotopic (exact) mass is 294 g/mol. The standard InChI is InChI=1S/C8H4ClF5O2S/c9-17(15,16)7(8(12,13)14)4-1-2-5(10)6(11)3-4/h1-3,7H. The van der Waals surface area contributed by atoms with Gasteiger partial charge in [0, 0.05) is 10.7 Å². The van der Waals surface area contributed by atoms with Gasteiger partial charge in [0.2, 0.25) is 9.05 Å². The summed E-state index contributed by atoms with van der Waals surface area (Å²) >= 11 is 0. The highest BCUT2D eigenvalue weighted by atomic mass is 35.7. The molecule has 2 nitrogen and oxygen atoms in total. The van der Waals surface area contributed by atoms with Gasteiger partial charge in [0.15, 0.2) is 16.9 Å². The first-order valence-electron chi connectivity index (χ1n) is 3.98. The molecule has 1 rings (SSSR count). The zero-order chi connectivity index (χ0) is 13.4. The van der Waals surface area contributed by atoms with Crippen LogP contribution in [0.25, 0.3) is 0 Å². The third-order valence-electron chi connectivity index (χ3n) is 1.83. The van der Waals surface area contributed by atoms with E-state index >= 15 is 0 Å². The molecular weight excluding hydrogens is 291 g/mol. The molecular formula is C8H4ClF5O2S. The Balaban J connectivity index is 3.39. The zero-order valence-electron chi connectivity index (χ0n) is 7.80. The molecule has 0 amide bonds. The normalized spacial score (nSPS) is 14.7. The molecule has 0 heterocycles. The van der Waals surface area contributed by atoms with Crippen molar-refractivity contribution in [1.29, 1.82) is 0 Å². The Morgan fingerprint density at radius 3 is 2.00 bits per heavy atom. The Labute approximate surface area is 97.4 Å². The first-order chi connectivity index (χ1) is 7.53. The summed E-state index contributed by atoms with van der Waals surface area (Å²) in [5.41, 5.74) is -0.980. The van der Waals surface area contributed by atoms with Crippen LogP contribution in [0.5, 0.6) is 0 Å². The quantitative estimate of drug-likeness (QED) is 0.620. The SMILES string of the molecule is O=S(=O)(Cl)C(c1ccc(F)c(F)c1)C(F)(F)F. The van der Waals surface area contributed by atoms with Gasteiger partial charge >= 0.3 is 6.18 Å². The van der Waals surface area contributed by atoms with Crippen molar-refractivity contribution in [3.63, 3.8) is 0 Å². The fourth-order valence-electron chi connectivity index (χ4n) is 1.19. The third-order valence-corrected chi connectivity index (χ3v) is 3.46. The Kier molecular flexibility index (Phi) is 3.68. The van der Waals surface area contributed by atoms with Crippen molar-refractivity contribution in [2.45, 2.75) is 11.4 Å². The number of hydrogen-bond acceptors (Lipinski definition) is 2. The van der Waals surface area contributed by atoms with Crippen LogP contribution in [0, 0.1) is 11.6 Å². The lowest BCUT2D eigenvalue weighted by molar-refractivity contribution is -0.131. The molecule has 0 N–H and O–H groups in total. The van der Waals surface area contributed by atoms with Crippen LogP contribution in [0.15, 0.2) is 18.2 Å². The Morgan fingerprint density at radius 2 is 1.65 bits per heavy atom. The number of benzene rings is 1. The molecule has 0 aliphatic heterocycles. The van der Waals surface area contributed by atoms with E-state index in [9.17, 15) is 30.4 Å². The summed E-state index contributed by atoms with van der Waals surface area (Å²) in [4.78, 5) is 0. The second-order valence-electron chi connectivity index (χ2n) is 3.07. The summed E-state index contributed by atoms with van der Waals surface area (Å²) in [5.74, 6) is -2.97. The van der Waals surface area contributed by atoms with Gasteiger partial charge in [-0.05, 0) is 17.7 Å². The third kappa shape index (κ3) is 3.29. The Hall–Kier alpha value is -0.890. The van der Waals surface area contributed by atoms with Crippen LogP contribution in [0.3, 0.4) is 0 Å². The second-order valence-corrected chi connectivity index (χ2v) is 5.78. The minimum absolute atomic E-state index is 0.146. The molecule has 0 saturated carbocycles. The highest BCUT2D eigenvalue weighted by Gasteiger charge is 2.49. The minimum atomic E-state index is -5.22. The van der Waals surface area contributed by atoms with E-state index in [1.54, 1.807) is 0 Å². The van der Waals surface area contributed by atoms with E-state index in [-0.39, 0.29) is 6.07 Å². The largest absolute Gasteiger partial charge is 0.410 e. The van der Waals surface area contributed by atoms with Crippen molar-refractivity contribution >= 4 is 19.7 Å². The summed E-state index contributed by atoms with van der Waals surface area (Å²) in [5, 5.41) is -3.09. The van der Waals surface area contributed by atoms with Gasteiger partial charge in [-0.3, -0.25) is 0 Å². The zero-order valence-corrected chi connectivity index (χ0v) is 9.37. The lowest BCUT2D eigenvalue weighted by Crippen LogP contribution is -2.26. The van der Waals surface area contributed by atoms with Crippen LogP contribution >= 0.6 is 10.7 Å². The molecule has 1 aromatic carbocycles.